The molecular weight excluding hydrogens is 314 g/mol. The molecule has 0 saturated heterocycles. The highest BCUT2D eigenvalue weighted by Gasteiger charge is 2.26. The molecule has 1 heterocycles. The lowest BCUT2D eigenvalue weighted by atomic mass is 10.3. The first-order valence-electron chi connectivity index (χ1n) is 7.20. The molecule has 6 heteroatoms. The molecule has 0 unspecified atom stereocenters. The number of nitrogens with one attached hydrogen (secondary N) is 1. The molecule has 0 bridgehead atoms. The minimum atomic E-state index is -0.0420. The van der Waals surface area contributed by atoms with E-state index >= 15 is 0 Å². The molecule has 1 N–H and O–H groups in total. The van der Waals surface area contributed by atoms with Crippen molar-refractivity contribution in [3.63, 3.8) is 0 Å². The normalized spacial score (nSPS) is 13.3. The number of hydrogen-bond acceptors (Lipinski definition) is 4. The summed E-state index contributed by atoms with van der Waals surface area (Å²) in [6.07, 6.45) is 0. The summed E-state index contributed by atoms with van der Waals surface area (Å²) >= 11 is 0. The van der Waals surface area contributed by atoms with E-state index in [-0.39, 0.29) is 24.9 Å². The van der Waals surface area contributed by atoms with Crippen LogP contribution in [0.15, 0.2) is 59.6 Å². The fraction of sp³-hybridized carbons (Fsp3) is 0.176. The second kappa shape index (κ2) is 7.65. The quantitative estimate of drug-likeness (QED) is 0.935. The summed E-state index contributed by atoms with van der Waals surface area (Å²) in [7, 11) is 0. The van der Waals surface area contributed by atoms with E-state index in [0.29, 0.717) is 12.6 Å². The number of benzene rings is 2. The number of amides is 1. The Morgan fingerprint density at radius 1 is 1.13 bits per heavy atom. The third-order valence-electron chi connectivity index (χ3n) is 3.26. The Morgan fingerprint density at radius 2 is 1.83 bits per heavy atom. The number of halogens is 1. The summed E-state index contributed by atoms with van der Waals surface area (Å²) in [6, 6.07) is 17.1. The molecule has 0 atom stereocenters. The first-order valence-corrected chi connectivity index (χ1v) is 7.20. The summed E-state index contributed by atoms with van der Waals surface area (Å²) in [5.41, 5.74) is 1.67. The fourth-order valence-electron chi connectivity index (χ4n) is 2.27. The van der Waals surface area contributed by atoms with Crippen molar-refractivity contribution in [1.29, 1.82) is 0 Å². The minimum absolute atomic E-state index is 0. The largest absolute Gasteiger partial charge is 0.494 e. The molecule has 1 aliphatic rings. The zero-order valence-electron chi connectivity index (χ0n) is 12.7. The van der Waals surface area contributed by atoms with Crippen molar-refractivity contribution in [3.8, 4) is 5.75 Å². The van der Waals surface area contributed by atoms with Gasteiger partial charge in [-0.15, -0.1) is 12.4 Å². The number of hydrogen-bond donors (Lipinski definition) is 1. The topological polar surface area (TPSA) is 53.9 Å². The number of para-hydroxylation sites is 1. The minimum Gasteiger partial charge on any atom is -0.494 e. The Morgan fingerprint density at radius 3 is 2.48 bits per heavy atom. The van der Waals surface area contributed by atoms with Crippen LogP contribution in [0, 0.1) is 0 Å². The lowest BCUT2D eigenvalue weighted by Gasteiger charge is -2.19. The molecular formula is C17H18ClN3O2. The highest BCUT2D eigenvalue weighted by atomic mass is 35.5. The second-order valence-corrected chi connectivity index (χ2v) is 4.79. The molecule has 0 fully saturated rings. The van der Waals surface area contributed by atoms with Crippen LogP contribution in [-0.2, 0) is 4.79 Å². The van der Waals surface area contributed by atoms with Gasteiger partial charge in [-0.25, -0.2) is 9.89 Å². The van der Waals surface area contributed by atoms with Crippen LogP contribution in [0.5, 0.6) is 5.75 Å². The Bertz CT molecular complexity index is 687. The van der Waals surface area contributed by atoms with Gasteiger partial charge in [0.15, 0.2) is 0 Å². The summed E-state index contributed by atoms with van der Waals surface area (Å²) in [5, 5.41) is 3.19. The molecule has 0 aromatic heterocycles. The van der Waals surface area contributed by atoms with Crippen LogP contribution < -0.4 is 15.0 Å². The number of rotatable bonds is 4. The molecule has 3 rings (SSSR count). The third kappa shape index (κ3) is 3.81. The van der Waals surface area contributed by atoms with Crippen molar-refractivity contribution in [3.05, 3.63) is 54.6 Å². The van der Waals surface area contributed by atoms with E-state index in [4.69, 9.17) is 4.74 Å². The number of ether oxygens (including phenoxy) is 1. The van der Waals surface area contributed by atoms with Gasteiger partial charge in [-0.1, -0.05) is 18.2 Å². The average molecular weight is 332 g/mol. The fourth-order valence-corrected chi connectivity index (χ4v) is 2.27. The van der Waals surface area contributed by atoms with Gasteiger partial charge in [-0.3, -0.25) is 4.79 Å². The van der Waals surface area contributed by atoms with E-state index in [2.05, 4.69) is 10.3 Å². The molecule has 0 saturated carbocycles. The maximum absolute atomic E-state index is 12.1. The van der Waals surface area contributed by atoms with Gasteiger partial charge in [-0.05, 0) is 43.3 Å². The Hall–Kier alpha value is -2.53. The van der Waals surface area contributed by atoms with Gasteiger partial charge in [0, 0.05) is 5.69 Å². The Labute approximate surface area is 141 Å². The van der Waals surface area contributed by atoms with Gasteiger partial charge in [0.1, 0.15) is 12.3 Å². The van der Waals surface area contributed by atoms with Crippen LogP contribution in [0.1, 0.15) is 6.92 Å². The first-order chi connectivity index (χ1) is 10.8. The van der Waals surface area contributed by atoms with Gasteiger partial charge in [0.25, 0.3) is 5.91 Å². The van der Waals surface area contributed by atoms with E-state index in [0.717, 1.165) is 17.1 Å². The van der Waals surface area contributed by atoms with E-state index in [1.54, 1.807) is 4.90 Å². The summed E-state index contributed by atoms with van der Waals surface area (Å²) in [4.78, 5) is 17.9. The molecule has 1 amide bonds. The van der Waals surface area contributed by atoms with Gasteiger partial charge < -0.3 is 10.1 Å². The summed E-state index contributed by atoms with van der Waals surface area (Å²) < 4.78 is 5.42. The SMILES string of the molecule is CCOc1ccc(NC2=NCC(=O)N2c2ccccc2)cc1.Cl. The van der Waals surface area contributed by atoms with E-state index in [9.17, 15) is 4.79 Å². The smallest absolute Gasteiger partial charge is 0.255 e. The van der Waals surface area contributed by atoms with E-state index in [1.165, 1.54) is 0 Å². The number of aliphatic imine (C=N–C) groups is 1. The molecule has 0 aliphatic carbocycles. The molecule has 1 aliphatic heterocycles. The molecule has 2 aromatic rings. The predicted molar refractivity (Wildman–Crippen MR) is 94.7 cm³/mol. The Balaban J connectivity index is 0.00000192. The van der Waals surface area contributed by atoms with Crippen molar-refractivity contribution in [2.75, 3.05) is 23.4 Å². The zero-order valence-corrected chi connectivity index (χ0v) is 13.5. The van der Waals surface area contributed by atoms with E-state index < -0.39 is 0 Å². The summed E-state index contributed by atoms with van der Waals surface area (Å²) in [6.45, 7) is 2.74. The van der Waals surface area contributed by atoms with Crippen LogP contribution in [0.4, 0.5) is 11.4 Å². The third-order valence-corrected chi connectivity index (χ3v) is 3.26. The lowest BCUT2D eigenvalue weighted by molar-refractivity contribution is -0.115. The molecule has 0 radical (unpaired) electrons. The highest BCUT2D eigenvalue weighted by molar-refractivity contribution is 6.24. The number of guanidine groups is 1. The standard InChI is InChI=1S/C17H17N3O2.ClH/c1-2-22-15-10-8-13(9-11-15)19-17-18-12-16(21)20(17)14-6-4-3-5-7-14;/h3-11H,2,12H2,1H3,(H,18,19);1H. The van der Waals surface area contributed by atoms with Gasteiger partial charge in [0.2, 0.25) is 5.96 Å². The van der Waals surface area contributed by atoms with Crippen LogP contribution in [0.3, 0.4) is 0 Å². The van der Waals surface area contributed by atoms with Crippen molar-refractivity contribution < 1.29 is 9.53 Å². The van der Waals surface area contributed by atoms with Crippen molar-refractivity contribution >= 4 is 35.6 Å². The number of carbonyl (C=O) groups is 1. The number of nitrogens with zero attached hydrogens (tertiary/aromatic N) is 2. The van der Waals surface area contributed by atoms with Crippen molar-refractivity contribution in [2.45, 2.75) is 6.92 Å². The van der Waals surface area contributed by atoms with Crippen LogP contribution in [0.2, 0.25) is 0 Å². The van der Waals surface area contributed by atoms with Crippen LogP contribution in [-0.4, -0.2) is 25.0 Å². The van der Waals surface area contributed by atoms with Gasteiger partial charge in [-0.2, -0.15) is 0 Å². The molecule has 5 nitrogen and oxygen atoms in total. The van der Waals surface area contributed by atoms with Crippen molar-refractivity contribution in [1.82, 2.24) is 0 Å². The van der Waals surface area contributed by atoms with Crippen molar-refractivity contribution in [2.24, 2.45) is 4.99 Å². The highest BCUT2D eigenvalue weighted by Crippen LogP contribution is 2.21. The molecule has 0 spiro atoms. The number of anilines is 2. The van der Waals surface area contributed by atoms with Gasteiger partial charge in [0.05, 0.1) is 12.3 Å². The predicted octanol–water partition coefficient (Wildman–Crippen LogP) is 3.32. The first kappa shape index (κ1) is 16.8. The van der Waals surface area contributed by atoms with Gasteiger partial charge >= 0.3 is 0 Å². The molecule has 2 aromatic carbocycles. The molecule has 120 valence electrons. The molecule has 23 heavy (non-hydrogen) atoms. The summed E-state index contributed by atoms with van der Waals surface area (Å²) in [5.74, 6) is 1.32. The lowest BCUT2D eigenvalue weighted by Crippen LogP contribution is -2.36. The zero-order chi connectivity index (χ0) is 15.4. The average Bonchev–Trinajstić information content (AvgIpc) is 2.91. The second-order valence-electron chi connectivity index (χ2n) is 4.79. The maximum atomic E-state index is 12.1. The number of carbonyl (C=O) groups excluding carboxylic acids is 1. The monoisotopic (exact) mass is 331 g/mol. The maximum Gasteiger partial charge on any atom is 0.255 e. The Kier molecular flexibility index (Phi) is 5.60. The van der Waals surface area contributed by atoms with Crippen LogP contribution >= 0.6 is 12.4 Å². The van der Waals surface area contributed by atoms with Crippen LogP contribution in [0.25, 0.3) is 0 Å². The van der Waals surface area contributed by atoms with E-state index in [1.807, 2.05) is 61.5 Å².